The number of nitrogens with two attached hydrogens (primary N) is 1. The second kappa shape index (κ2) is 8.26. The number of nitrogens with one attached hydrogen (secondary N) is 1. The van der Waals surface area contributed by atoms with Gasteiger partial charge in [0.05, 0.1) is 0 Å². The van der Waals surface area contributed by atoms with Gasteiger partial charge in [0.2, 0.25) is 0 Å². The van der Waals surface area contributed by atoms with Gasteiger partial charge in [0.25, 0.3) is 0 Å². The van der Waals surface area contributed by atoms with Crippen molar-refractivity contribution in [2.75, 3.05) is 13.1 Å². The molecule has 2 aliphatic heterocycles. The van der Waals surface area contributed by atoms with Crippen molar-refractivity contribution < 1.29 is 24.2 Å². The van der Waals surface area contributed by atoms with E-state index in [9.17, 15) is 14.7 Å². The van der Waals surface area contributed by atoms with Crippen LogP contribution in [0.25, 0.3) is 0 Å². The second-order valence-corrected chi connectivity index (χ2v) is 8.17. The molecule has 0 amide bonds. The number of benzene rings is 2. The van der Waals surface area contributed by atoms with Crippen LogP contribution in [0.15, 0.2) is 48.5 Å². The topological polar surface area (TPSA) is 111 Å². The lowest BCUT2D eigenvalue weighted by atomic mass is 9.68. The molecule has 4 atom stereocenters. The summed E-state index contributed by atoms with van der Waals surface area (Å²) < 4.78 is 11.5. The van der Waals surface area contributed by atoms with Crippen LogP contribution in [0.1, 0.15) is 23.5 Å². The van der Waals surface area contributed by atoms with E-state index in [-0.39, 0.29) is 6.61 Å². The van der Waals surface area contributed by atoms with Gasteiger partial charge in [0.15, 0.2) is 11.6 Å². The van der Waals surface area contributed by atoms with Gasteiger partial charge < -0.3 is 19.9 Å². The quantitative estimate of drug-likeness (QED) is 0.493. The maximum atomic E-state index is 13.0. The number of carboxylic acid groups (broad SMARTS) is 1. The Hall–Kier alpha value is -2.61. The highest BCUT2D eigenvalue weighted by Gasteiger charge is 2.54. The van der Waals surface area contributed by atoms with Crippen molar-refractivity contribution in [3.05, 3.63) is 64.7 Å². The van der Waals surface area contributed by atoms with Gasteiger partial charge in [-0.1, -0.05) is 41.9 Å². The van der Waals surface area contributed by atoms with E-state index < -0.39 is 35.4 Å². The Labute approximate surface area is 179 Å². The molecule has 0 saturated carbocycles. The minimum atomic E-state index is -1.44. The van der Waals surface area contributed by atoms with Gasteiger partial charge in [0.1, 0.15) is 12.4 Å². The SMILES string of the molecule is NC12CCNCC1C(C(C(=O)O)C(=O)OCc1ccccc1)c1cc(Cl)ccc1O2. The number of carbonyl (C=O) groups is 2. The van der Waals surface area contributed by atoms with Gasteiger partial charge >= 0.3 is 11.9 Å². The van der Waals surface area contributed by atoms with Crippen LogP contribution < -0.4 is 15.8 Å². The van der Waals surface area contributed by atoms with Crippen molar-refractivity contribution in [2.24, 2.45) is 17.6 Å². The van der Waals surface area contributed by atoms with E-state index in [0.29, 0.717) is 35.8 Å². The summed E-state index contributed by atoms with van der Waals surface area (Å²) in [6.07, 6.45) is 0.488. The summed E-state index contributed by atoms with van der Waals surface area (Å²) in [7, 11) is 0. The standard InChI is InChI=1S/C22H23ClN2O5/c23-14-6-7-17-15(10-14)18(16-11-25-9-8-22(16,24)30-17)19(20(26)27)21(28)29-12-13-4-2-1-3-5-13/h1-7,10,16,18-19,25H,8-9,11-12,24H2,(H,26,27). The maximum absolute atomic E-state index is 13.0. The molecule has 0 radical (unpaired) electrons. The van der Waals surface area contributed by atoms with Crippen LogP contribution in [0.4, 0.5) is 0 Å². The summed E-state index contributed by atoms with van der Waals surface area (Å²) in [5, 5.41) is 13.7. The van der Waals surface area contributed by atoms with Crippen LogP contribution >= 0.6 is 11.6 Å². The zero-order valence-corrected chi connectivity index (χ0v) is 17.0. The summed E-state index contributed by atoms with van der Waals surface area (Å²) in [5.41, 5.74) is 6.82. The third-order valence-corrected chi connectivity index (χ3v) is 6.09. The molecule has 0 aromatic heterocycles. The third-order valence-electron chi connectivity index (χ3n) is 5.85. The third kappa shape index (κ3) is 3.88. The number of piperidine rings is 1. The predicted octanol–water partition coefficient (Wildman–Crippen LogP) is 2.52. The van der Waals surface area contributed by atoms with E-state index >= 15 is 0 Å². The minimum Gasteiger partial charge on any atom is -0.481 e. The van der Waals surface area contributed by atoms with Crippen molar-refractivity contribution in [2.45, 2.75) is 24.7 Å². The average molecular weight is 431 g/mol. The summed E-state index contributed by atoms with van der Waals surface area (Å²) >= 11 is 6.19. The fraction of sp³-hybridized carbons (Fsp3) is 0.364. The number of fused-ring (bicyclic) bond motifs is 2. The summed E-state index contributed by atoms with van der Waals surface area (Å²) in [4.78, 5) is 25.3. The number of hydrogen-bond acceptors (Lipinski definition) is 6. The molecule has 4 unspecified atom stereocenters. The Bertz CT molecular complexity index is 954. The number of halogens is 1. The molecule has 2 heterocycles. The van der Waals surface area contributed by atoms with Crippen LogP contribution in [-0.2, 0) is 20.9 Å². The summed E-state index contributed by atoms with van der Waals surface area (Å²) in [5.74, 6) is -4.25. The van der Waals surface area contributed by atoms with Crippen LogP contribution in [0.3, 0.4) is 0 Å². The van der Waals surface area contributed by atoms with Gasteiger partial charge in [-0.25, -0.2) is 0 Å². The maximum Gasteiger partial charge on any atom is 0.321 e. The Morgan fingerprint density at radius 3 is 2.80 bits per heavy atom. The number of carbonyl (C=O) groups excluding carboxylic acids is 1. The first-order chi connectivity index (χ1) is 14.4. The Morgan fingerprint density at radius 1 is 1.30 bits per heavy atom. The number of hydrogen-bond donors (Lipinski definition) is 3. The predicted molar refractivity (Wildman–Crippen MR) is 110 cm³/mol. The molecule has 1 saturated heterocycles. The van der Waals surface area contributed by atoms with Crippen LogP contribution in [-0.4, -0.2) is 35.9 Å². The van der Waals surface area contributed by atoms with Gasteiger partial charge in [0, 0.05) is 41.9 Å². The lowest BCUT2D eigenvalue weighted by Crippen LogP contribution is -2.64. The van der Waals surface area contributed by atoms with E-state index in [1.54, 1.807) is 18.2 Å². The summed E-state index contributed by atoms with van der Waals surface area (Å²) in [6.45, 7) is 1.05. The first-order valence-corrected chi connectivity index (χ1v) is 10.2. The zero-order valence-electron chi connectivity index (χ0n) is 16.2. The Kier molecular flexibility index (Phi) is 5.69. The first kappa shape index (κ1) is 20.7. The molecule has 30 heavy (non-hydrogen) atoms. The van der Waals surface area contributed by atoms with Crippen LogP contribution in [0.5, 0.6) is 5.75 Å². The molecule has 4 N–H and O–H groups in total. The van der Waals surface area contributed by atoms with Crippen molar-refractivity contribution >= 4 is 23.5 Å². The zero-order chi connectivity index (χ0) is 21.3. The Balaban J connectivity index is 1.70. The molecule has 2 aromatic rings. The van der Waals surface area contributed by atoms with E-state index in [1.165, 1.54) is 0 Å². The van der Waals surface area contributed by atoms with Gasteiger partial charge in [-0.15, -0.1) is 0 Å². The number of esters is 1. The molecule has 0 aliphatic carbocycles. The average Bonchev–Trinajstić information content (AvgIpc) is 2.72. The van der Waals surface area contributed by atoms with Gasteiger partial charge in [-0.05, 0) is 23.8 Å². The van der Waals surface area contributed by atoms with Crippen molar-refractivity contribution in [1.82, 2.24) is 5.32 Å². The number of carboxylic acids is 1. The molecule has 4 rings (SSSR count). The molecule has 1 fully saturated rings. The highest BCUT2D eigenvalue weighted by atomic mass is 35.5. The second-order valence-electron chi connectivity index (χ2n) is 7.73. The molecule has 0 bridgehead atoms. The lowest BCUT2D eigenvalue weighted by Gasteiger charge is -2.50. The van der Waals surface area contributed by atoms with Gasteiger partial charge in [-0.2, -0.15) is 0 Å². The van der Waals surface area contributed by atoms with Gasteiger partial charge in [-0.3, -0.25) is 15.3 Å². The van der Waals surface area contributed by atoms with Crippen molar-refractivity contribution in [1.29, 1.82) is 0 Å². The number of aliphatic carboxylic acids is 1. The number of ether oxygens (including phenoxy) is 2. The normalized spacial score (nSPS) is 25.9. The van der Waals surface area contributed by atoms with E-state index in [0.717, 1.165) is 5.56 Å². The molecule has 2 aromatic carbocycles. The van der Waals surface area contributed by atoms with Crippen molar-refractivity contribution in [3.63, 3.8) is 0 Å². The molecule has 8 heteroatoms. The number of rotatable bonds is 5. The monoisotopic (exact) mass is 430 g/mol. The largest absolute Gasteiger partial charge is 0.481 e. The first-order valence-electron chi connectivity index (χ1n) is 9.80. The van der Waals surface area contributed by atoms with E-state index in [4.69, 9.17) is 26.8 Å². The van der Waals surface area contributed by atoms with Crippen LogP contribution in [0, 0.1) is 11.8 Å². The molecule has 7 nitrogen and oxygen atoms in total. The van der Waals surface area contributed by atoms with E-state index in [2.05, 4.69) is 5.32 Å². The van der Waals surface area contributed by atoms with E-state index in [1.807, 2.05) is 30.3 Å². The lowest BCUT2D eigenvalue weighted by molar-refractivity contribution is -0.164. The fourth-order valence-corrected chi connectivity index (χ4v) is 4.56. The fourth-order valence-electron chi connectivity index (χ4n) is 4.38. The highest BCUT2D eigenvalue weighted by molar-refractivity contribution is 6.30. The molecule has 158 valence electrons. The molecule has 0 spiro atoms. The molecular formula is C22H23ClN2O5. The smallest absolute Gasteiger partial charge is 0.321 e. The summed E-state index contributed by atoms with van der Waals surface area (Å²) in [6, 6.07) is 14.1. The molecule has 2 aliphatic rings. The Morgan fingerprint density at radius 2 is 2.07 bits per heavy atom. The minimum absolute atomic E-state index is 0.00817. The van der Waals surface area contributed by atoms with Crippen molar-refractivity contribution in [3.8, 4) is 5.75 Å². The molecular weight excluding hydrogens is 408 g/mol. The van der Waals surface area contributed by atoms with Crippen LogP contribution in [0.2, 0.25) is 5.02 Å². The highest BCUT2D eigenvalue weighted by Crippen LogP contribution is 2.49.